The van der Waals surface area contributed by atoms with Gasteiger partial charge in [-0.2, -0.15) is 0 Å². The Morgan fingerprint density at radius 2 is 2.30 bits per heavy atom. The molecule has 1 fully saturated rings. The summed E-state index contributed by atoms with van der Waals surface area (Å²) in [5, 5.41) is 3.12. The van der Waals surface area contributed by atoms with Crippen LogP contribution in [-0.4, -0.2) is 18.9 Å². The first-order valence-electron chi connectivity index (χ1n) is 4.04. The maximum atomic E-state index is 11.1. The third-order valence-corrected chi connectivity index (χ3v) is 2.09. The number of Topliss-reactive ketones (excluding diaryl/α,β-unsaturated/α-hetero) is 1. The Morgan fingerprint density at radius 1 is 1.50 bits per heavy atom. The van der Waals surface area contributed by atoms with Gasteiger partial charge in [-0.25, -0.2) is 0 Å². The van der Waals surface area contributed by atoms with Crippen molar-refractivity contribution in [2.24, 2.45) is 5.92 Å². The molecule has 1 N–H and O–H groups in total. The number of hydrogen-bond donors (Lipinski definition) is 1. The van der Waals surface area contributed by atoms with Crippen LogP contribution >= 0.6 is 0 Å². The Morgan fingerprint density at radius 3 is 3.10 bits per heavy atom. The first-order valence-corrected chi connectivity index (χ1v) is 4.04. The summed E-state index contributed by atoms with van der Waals surface area (Å²) >= 11 is 0. The standard InChI is InChI=1S/C8H15NO/c1-7-4-2-3-5-9-6-8(7)10/h7,9H,2-6H2,1H3. The van der Waals surface area contributed by atoms with Crippen molar-refractivity contribution < 1.29 is 4.79 Å². The van der Waals surface area contributed by atoms with Crippen molar-refractivity contribution in [3.05, 3.63) is 0 Å². The highest BCUT2D eigenvalue weighted by atomic mass is 16.1. The molecule has 0 amide bonds. The fourth-order valence-electron chi connectivity index (χ4n) is 1.25. The summed E-state index contributed by atoms with van der Waals surface area (Å²) in [5.41, 5.74) is 0. The molecule has 0 aromatic carbocycles. The van der Waals surface area contributed by atoms with Gasteiger partial charge in [-0.15, -0.1) is 0 Å². The summed E-state index contributed by atoms with van der Waals surface area (Å²) in [5.74, 6) is 0.660. The molecule has 1 rings (SSSR count). The zero-order valence-electron chi connectivity index (χ0n) is 6.52. The lowest BCUT2D eigenvalue weighted by molar-refractivity contribution is -0.121. The summed E-state index contributed by atoms with van der Waals surface area (Å²) in [6.45, 7) is 3.62. The lowest BCUT2D eigenvalue weighted by atomic mass is 9.98. The topological polar surface area (TPSA) is 29.1 Å². The number of nitrogens with one attached hydrogen (secondary N) is 1. The summed E-state index contributed by atoms with van der Waals surface area (Å²) in [4.78, 5) is 11.1. The zero-order valence-corrected chi connectivity index (χ0v) is 6.52. The molecule has 0 saturated carbocycles. The highest BCUT2D eigenvalue weighted by Crippen LogP contribution is 2.09. The average molecular weight is 141 g/mol. The maximum absolute atomic E-state index is 11.1. The van der Waals surface area contributed by atoms with Crippen LogP contribution in [0.5, 0.6) is 0 Å². The van der Waals surface area contributed by atoms with Crippen molar-refractivity contribution in [1.29, 1.82) is 0 Å². The van der Waals surface area contributed by atoms with Crippen molar-refractivity contribution in [3.63, 3.8) is 0 Å². The first-order chi connectivity index (χ1) is 4.80. The van der Waals surface area contributed by atoms with Gasteiger partial charge in [0.15, 0.2) is 0 Å². The van der Waals surface area contributed by atoms with Crippen LogP contribution in [0.3, 0.4) is 0 Å². The fraction of sp³-hybridized carbons (Fsp3) is 0.875. The van der Waals surface area contributed by atoms with E-state index in [0.717, 1.165) is 13.0 Å². The monoisotopic (exact) mass is 141 g/mol. The third kappa shape index (κ3) is 2.10. The number of carbonyl (C=O) groups excluding carboxylic acids is 1. The second kappa shape index (κ2) is 3.71. The van der Waals surface area contributed by atoms with E-state index in [1.807, 2.05) is 6.92 Å². The molecule has 58 valence electrons. The molecule has 10 heavy (non-hydrogen) atoms. The molecular weight excluding hydrogens is 126 g/mol. The second-order valence-corrected chi connectivity index (χ2v) is 3.04. The summed E-state index contributed by atoms with van der Waals surface area (Å²) < 4.78 is 0. The minimum absolute atomic E-state index is 0.285. The van der Waals surface area contributed by atoms with E-state index < -0.39 is 0 Å². The summed E-state index contributed by atoms with van der Waals surface area (Å²) in [7, 11) is 0. The van der Waals surface area contributed by atoms with Crippen LogP contribution in [0.15, 0.2) is 0 Å². The quantitative estimate of drug-likeness (QED) is 0.544. The van der Waals surface area contributed by atoms with Gasteiger partial charge in [0, 0.05) is 5.92 Å². The second-order valence-electron chi connectivity index (χ2n) is 3.04. The Hall–Kier alpha value is -0.370. The molecule has 1 heterocycles. The van der Waals surface area contributed by atoms with E-state index >= 15 is 0 Å². The number of rotatable bonds is 0. The Labute approximate surface area is 62.0 Å². The van der Waals surface area contributed by atoms with E-state index in [-0.39, 0.29) is 5.92 Å². The predicted octanol–water partition coefficient (Wildman–Crippen LogP) is 0.965. The molecule has 2 nitrogen and oxygen atoms in total. The molecule has 0 radical (unpaired) electrons. The van der Waals surface area contributed by atoms with Crippen LogP contribution in [0, 0.1) is 5.92 Å². The molecule has 0 aliphatic carbocycles. The first kappa shape index (κ1) is 7.73. The molecule has 1 aliphatic heterocycles. The average Bonchev–Trinajstić information content (AvgIpc) is 1.92. The molecule has 1 unspecified atom stereocenters. The van der Waals surface area contributed by atoms with Crippen LogP contribution in [0.4, 0.5) is 0 Å². The van der Waals surface area contributed by atoms with Crippen LogP contribution < -0.4 is 5.32 Å². The normalized spacial score (nSPS) is 29.3. The maximum Gasteiger partial charge on any atom is 0.149 e. The summed E-state index contributed by atoms with van der Waals surface area (Å²) in [6, 6.07) is 0. The Kier molecular flexibility index (Phi) is 2.87. The van der Waals surface area contributed by atoms with E-state index in [2.05, 4.69) is 5.32 Å². The SMILES string of the molecule is CC1CCCCNCC1=O. The number of ketones is 1. The van der Waals surface area contributed by atoms with Crippen molar-refractivity contribution in [2.45, 2.75) is 26.2 Å². The van der Waals surface area contributed by atoms with Crippen LogP contribution in [-0.2, 0) is 4.79 Å². The van der Waals surface area contributed by atoms with E-state index in [1.165, 1.54) is 12.8 Å². The van der Waals surface area contributed by atoms with Gasteiger partial charge in [0.2, 0.25) is 0 Å². The number of hydrogen-bond acceptors (Lipinski definition) is 2. The lowest BCUT2D eigenvalue weighted by Gasteiger charge is -2.14. The number of carbonyl (C=O) groups is 1. The Balaban J connectivity index is 2.35. The van der Waals surface area contributed by atoms with Gasteiger partial charge < -0.3 is 5.32 Å². The molecule has 0 spiro atoms. The molecule has 1 aliphatic rings. The van der Waals surface area contributed by atoms with Gasteiger partial charge in [0.1, 0.15) is 5.78 Å². The highest BCUT2D eigenvalue weighted by molar-refractivity contribution is 5.82. The third-order valence-electron chi connectivity index (χ3n) is 2.09. The highest BCUT2D eigenvalue weighted by Gasteiger charge is 2.13. The Bertz CT molecular complexity index is 122. The van der Waals surface area contributed by atoms with Crippen LogP contribution in [0.2, 0.25) is 0 Å². The zero-order chi connectivity index (χ0) is 7.40. The fourth-order valence-corrected chi connectivity index (χ4v) is 1.25. The van der Waals surface area contributed by atoms with Gasteiger partial charge in [-0.3, -0.25) is 4.79 Å². The largest absolute Gasteiger partial charge is 0.310 e. The van der Waals surface area contributed by atoms with Gasteiger partial charge in [0.05, 0.1) is 6.54 Å². The smallest absolute Gasteiger partial charge is 0.149 e. The minimum atomic E-state index is 0.285. The molecule has 0 aromatic rings. The molecule has 0 bridgehead atoms. The van der Waals surface area contributed by atoms with E-state index in [0.29, 0.717) is 12.3 Å². The van der Waals surface area contributed by atoms with Gasteiger partial charge in [-0.1, -0.05) is 13.3 Å². The van der Waals surface area contributed by atoms with E-state index in [1.54, 1.807) is 0 Å². The molecule has 0 aromatic heterocycles. The lowest BCUT2D eigenvalue weighted by Crippen LogP contribution is -2.30. The molecule has 1 saturated heterocycles. The van der Waals surface area contributed by atoms with Gasteiger partial charge in [-0.05, 0) is 19.4 Å². The van der Waals surface area contributed by atoms with Crippen molar-refractivity contribution >= 4 is 5.78 Å². The predicted molar refractivity (Wildman–Crippen MR) is 40.9 cm³/mol. The van der Waals surface area contributed by atoms with Crippen molar-refractivity contribution in [1.82, 2.24) is 5.32 Å². The van der Waals surface area contributed by atoms with E-state index in [4.69, 9.17) is 0 Å². The van der Waals surface area contributed by atoms with Gasteiger partial charge >= 0.3 is 0 Å². The van der Waals surface area contributed by atoms with E-state index in [9.17, 15) is 4.79 Å². The van der Waals surface area contributed by atoms with Gasteiger partial charge in [0.25, 0.3) is 0 Å². The van der Waals surface area contributed by atoms with Crippen molar-refractivity contribution in [2.75, 3.05) is 13.1 Å². The van der Waals surface area contributed by atoms with Crippen LogP contribution in [0.1, 0.15) is 26.2 Å². The van der Waals surface area contributed by atoms with Crippen molar-refractivity contribution in [3.8, 4) is 0 Å². The molecule has 1 atom stereocenters. The van der Waals surface area contributed by atoms with Crippen LogP contribution in [0.25, 0.3) is 0 Å². The molecular formula is C8H15NO. The molecule has 2 heteroatoms. The summed E-state index contributed by atoms with van der Waals surface area (Å²) in [6.07, 6.45) is 3.50. The minimum Gasteiger partial charge on any atom is -0.310 e.